The van der Waals surface area contributed by atoms with Crippen LogP contribution in [-0.4, -0.2) is 35.2 Å². The summed E-state index contributed by atoms with van der Waals surface area (Å²) in [6.45, 7) is 3.43. The fourth-order valence-corrected chi connectivity index (χ4v) is 2.01. The number of ether oxygens (including phenoxy) is 1. The lowest BCUT2D eigenvalue weighted by molar-refractivity contribution is -0.398. The van der Waals surface area contributed by atoms with E-state index in [0.29, 0.717) is 6.42 Å². The summed E-state index contributed by atoms with van der Waals surface area (Å²) in [5.74, 6) is -19.5. The third-order valence-electron chi connectivity index (χ3n) is 3.81. The summed E-state index contributed by atoms with van der Waals surface area (Å²) in [6, 6.07) is 4.61. The fraction of sp³-hybridized carbons (Fsp3) is 0.625. The van der Waals surface area contributed by atoms with Crippen molar-refractivity contribution in [1.29, 1.82) is 0 Å². The summed E-state index contributed by atoms with van der Waals surface area (Å²) < 4.78 is 121. The number of hydrogen-bond donors (Lipinski definition) is 1. The van der Waals surface area contributed by atoms with Crippen molar-refractivity contribution < 1.29 is 49.4 Å². The maximum absolute atomic E-state index is 13.6. The molecule has 0 saturated carbocycles. The normalized spacial score (nSPS) is 16.1. The first-order chi connectivity index (χ1) is 12.1. The first-order valence-electron chi connectivity index (χ1n) is 7.71. The minimum absolute atomic E-state index is 0.0802. The summed E-state index contributed by atoms with van der Waals surface area (Å²) in [4.78, 5) is 0. The smallest absolute Gasteiger partial charge is 0.460 e. The highest BCUT2D eigenvalue weighted by molar-refractivity contribution is 5.30. The molecule has 0 heterocycles. The molecule has 0 aliphatic carbocycles. The van der Waals surface area contributed by atoms with Gasteiger partial charge in [-0.05, 0) is 31.0 Å². The Hall–Kier alpha value is -1.65. The molecule has 1 aromatic rings. The number of aliphatic hydroxyl groups is 1. The Labute approximate surface area is 148 Å². The standard InChI is InChI=1S/C16H17F9O2/c1-3-9(2)27-11-6-4-5-10(7-11)12(26)8-13(17,18)14(19,20)15(21,22)16(23,24)25/h4-7,9,12,26H,3,8H2,1-2H3. The number of aliphatic hydroxyl groups excluding tert-OH is 1. The Morgan fingerprint density at radius 1 is 0.963 bits per heavy atom. The molecular weight excluding hydrogens is 395 g/mol. The Morgan fingerprint density at radius 3 is 2.00 bits per heavy atom. The van der Waals surface area contributed by atoms with Crippen LogP contribution in [0.15, 0.2) is 24.3 Å². The fourth-order valence-electron chi connectivity index (χ4n) is 2.01. The van der Waals surface area contributed by atoms with Crippen LogP contribution in [0, 0.1) is 0 Å². The molecule has 0 fully saturated rings. The molecule has 1 rings (SSSR count). The van der Waals surface area contributed by atoms with E-state index < -0.39 is 42.0 Å². The number of halogens is 9. The van der Waals surface area contributed by atoms with Crippen LogP contribution < -0.4 is 4.74 Å². The number of benzene rings is 1. The average molecular weight is 412 g/mol. The van der Waals surface area contributed by atoms with Gasteiger partial charge in [0.05, 0.1) is 12.2 Å². The van der Waals surface area contributed by atoms with Gasteiger partial charge >= 0.3 is 23.9 Å². The molecule has 0 spiro atoms. The second-order valence-corrected chi connectivity index (χ2v) is 5.98. The highest BCUT2D eigenvalue weighted by Gasteiger charge is 2.81. The van der Waals surface area contributed by atoms with Crippen molar-refractivity contribution in [3.05, 3.63) is 29.8 Å². The third kappa shape index (κ3) is 4.80. The average Bonchev–Trinajstić information content (AvgIpc) is 2.53. The number of alkyl halides is 9. The summed E-state index contributed by atoms with van der Waals surface area (Å²) >= 11 is 0. The molecule has 1 N–H and O–H groups in total. The molecule has 0 bridgehead atoms. The van der Waals surface area contributed by atoms with Gasteiger partial charge < -0.3 is 9.84 Å². The van der Waals surface area contributed by atoms with E-state index in [-0.39, 0.29) is 11.9 Å². The van der Waals surface area contributed by atoms with Crippen LogP contribution >= 0.6 is 0 Å². The molecule has 2 atom stereocenters. The van der Waals surface area contributed by atoms with Gasteiger partial charge in [-0.25, -0.2) is 0 Å². The number of hydrogen-bond acceptors (Lipinski definition) is 2. The van der Waals surface area contributed by atoms with Crippen molar-refractivity contribution >= 4 is 0 Å². The highest BCUT2D eigenvalue weighted by Crippen LogP contribution is 2.55. The van der Waals surface area contributed by atoms with E-state index in [1.54, 1.807) is 13.8 Å². The maximum atomic E-state index is 13.6. The molecule has 2 unspecified atom stereocenters. The molecule has 0 radical (unpaired) electrons. The van der Waals surface area contributed by atoms with Crippen molar-refractivity contribution in [2.24, 2.45) is 0 Å². The van der Waals surface area contributed by atoms with Crippen molar-refractivity contribution in [2.45, 2.75) is 62.8 Å². The van der Waals surface area contributed by atoms with Crippen molar-refractivity contribution in [3.8, 4) is 5.75 Å². The SMILES string of the molecule is CCC(C)Oc1cccc(C(O)CC(F)(F)C(F)(F)C(F)(F)C(F)(F)F)c1. The van der Waals surface area contributed by atoms with Crippen LogP contribution in [0.2, 0.25) is 0 Å². The molecule has 11 heteroatoms. The zero-order valence-corrected chi connectivity index (χ0v) is 14.1. The summed E-state index contributed by atoms with van der Waals surface area (Å²) in [6.07, 6.45) is -11.4. The molecule has 0 amide bonds. The van der Waals surface area contributed by atoms with E-state index in [9.17, 15) is 44.6 Å². The van der Waals surface area contributed by atoms with Crippen LogP contribution in [0.5, 0.6) is 5.75 Å². The van der Waals surface area contributed by atoms with Crippen LogP contribution in [0.4, 0.5) is 39.5 Å². The predicted molar refractivity (Wildman–Crippen MR) is 77.3 cm³/mol. The molecule has 0 aliphatic rings. The van der Waals surface area contributed by atoms with Crippen molar-refractivity contribution in [1.82, 2.24) is 0 Å². The quantitative estimate of drug-likeness (QED) is 0.551. The largest absolute Gasteiger partial charge is 0.491 e. The van der Waals surface area contributed by atoms with Gasteiger partial charge in [-0.2, -0.15) is 39.5 Å². The maximum Gasteiger partial charge on any atom is 0.460 e. The van der Waals surface area contributed by atoms with E-state index in [4.69, 9.17) is 4.74 Å². The molecule has 156 valence electrons. The Kier molecular flexibility index (Phi) is 6.73. The minimum atomic E-state index is -6.98. The second-order valence-electron chi connectivity index (χ2n) is 5.98. The minimum Gasteiger partial charge on any atom is -0.491 e. The highest BCUT2D eigenvalue weighted by atomic mass is 19.4. The Balaban J connectivity index is 3.07. The van der Waals surface area contributed by atoms with Crippen LogP contribution in [0.25, 0.3) is 0 Å². The monoisotopic (exact) mass is 412 g/mol. The lowest BCUT2D eigenvalue weighted by Gasteiger charge is -2.34. The topological polar surface area (TPSA) is 29.5 Å². The zero-order chi connectivity index (χ0) is 21.3. The molecule has 2 nitrogen and oxygen atoms in total. The van der Waals surface area contributed by atoms with Crippen LogP contribution in [-0.2, 0) is 0 Å². The zero-order valence-electron chi connectivity index (χ0n) is 14.1. The first kappa shape index (κ1) is 23.4. The molecule has 0 aromatic heterocycles. The summed E-state index contributed by atoms with van der Waals surface area (Å²) in [7, 11) is 0. The van der Waals surface area contributed by atoms with Crippen molar-refractivity contribution in [3.63, 3.8) is 0 Å². The Bertz CT molecular complexity index is 629. The van der Waals surface area contributed by atoms with E-state index in [1.807, 2.05) is 0 Å². The lowest BCUT2D eigenvalue weighted by atomic mass is 9.95. The second kappa shape index (κ2) is 7.76. The molecule has 27 heavy (non-hydrogen) atoms. The van der Waals surface area contributed by atoms with Gasteiger partial charge in [0, 0.05) is 6.42 Å². The number of rotatable bonds is 8. The van der Waals surface area contributed by atoms with E-state index >= 15 is 0 Å². The van der Waals surface area contributed by atoms with E-state index in [0.717, 1.165) is 12.1 Å². The first-order valence-corrected chi connectivity index (χ1v) is 7.71. The molecule has 0 aliphatic heterocycles. The Morgan fingerprint density at radius 2 is 1.52 bits per heavy atom. The molecule has 1 aromatic carbocycles. The van der Waals surface area contributed by atoms with Gasteiger partial charge in [-0.15, -0.1) is 0 Å². The van der Waals surface area contributed by atoms with Crippen molar-refractivity contribution in [2.75, 3.05) is 0 Å². The molecule has 0 saturated heterocycles. The van der Waals surface area contributed by atoms with E-state index in [2.05, 4.69) is 0 Å². The van der Waals surface area contributed by atoms with E-state index in [1.165, 1.54) is 12.1 Å². The van der Waals surface area contributed by atoms with Gasteiger partial charge in [-0.1, -0.05) is 19.1 Å². The molecular formula is C16H17F9O2. The summed E-state index contributed by atoms with van der Waals surface area (Å²) in [5, 5.41) is 9.71. The van der Waals surface area contributed by atoms with Crippen LogP contribution in [0.3, 0.4) is 0 Å². The lowest BCUT2D eigenvalue weighted by Crippen LogP contribution is -2.61. The summed E-state index contributed by atoms with van der Waals surface area (Å²) in [5.41, 5.74) is -0.401. The van der Waals surface area contributed by atoms with Gasteiger partial charge in [0.2, 0.25) is 0 Å². The third-order valence-corrected chi connectivity index (χ3v) is 3.81. The van der Waals surface area contributed by atoms with Gasteiger partial charge in [0.15, 0.2) is 0 Å². The van der Waals surface area contributed by atoms with Gasteiger partial charge in [0.1, 0.15) is 5.75 Å². The van der Waals surface area contributed by atoms with Gasteiger partial charge in [-0.3, -0.25) is 0 Å². The predicted octanol–water partition coefficient (Wildman–Crippen LogP) is 5.76. The van der Waals surface area contributed by atoms with Crippen LogP contribution in [0.1, 0.15) is 38.4 Å². The van der Waals surface area contributed by atoms with Gasteiger partial charge in [0.25, 0.3) is 0 Å².